The fraction of sp³-hybridized carbons (Fsp3) is 0.357. The van der Waals surface area contributed by atoms with Crippen LogP contribution in [-0.2, 0) is 0 Å². The van der Waals surface area contributed by atoms with Crippen molar-refractivity contribution in [2.45, 2.75) is 58.3 Å². The van der Waals surface area contributed by atoms with Crippen LogP contribution < -0.4 is 28.3 Å². The van der Waals surface area contributed by atoms with Gasteiger partial charge in [-0.2, -0.15) is 0 Å². The van der Waals surface area contributed by atoms with Gasteiger partial charge in [0, 0.05) is 0 Å². The Hall–Kier alpha value is -1.62. The predicted octanol–water partition coefficient (Wildman–Crippen LogP) is 4.13. The molecule has 0 unspecified atom stereocenters. The first-order valence-electron chi connectivity index (χ1n) is 11.4. The maximum atomic E-state index is 2.36. The fourth-order valence-corrected chi connectivity index (χ4v) is 8.78. The zero-order valence-corrected chi connectivity index (χ0v) is 20.0. The van der Waals surface area contributed by atoms with Gasteiger partial charge < -0.3 is 12.4 Å². The first-order valence-corrected chi connectivity index (χ1v) is 13.4. The van der Waals surface area contributed by atoms with Crippen LogP contribution >= 0.6 is 7.26 Å². The van der Waals surface area contributed by atoms with E-state index >= 15 is 0 Å². The summed E-state index contributed by atoms with van der Waals surface area (Å²) < 4.78 is 0. The van der Waals surface area contributed by atoms with Gasteiger partial charge in [0.05, 0.1) is 6.16 Å². The molecule has 0 fully saturated rings. The largest absolute Gasteiger partial charge is 1.00 e. The fourth-order valence-electron chi connectivity index (χ4n) is 4.36. The molecule has 0 spiro atoms. The molecular formula is C28H36ClP. The van der Waals surface area contributed by atoms with Gasteiger partial charge in [-0.15, -0.1) is 0 Å². The summed E-state index contributed by atoms with van der Waals surface area (Å²) in [6.07, 6.45) is 12.2. The second-order valence-electron chi connectivity index (χ2n) is 8.01. The van der Waals surface area contributed by atoms with E-state index in [0.29, 0.717) is 0 Å². The molecular weight excluding hydrogens is 403 g/mol. The second-order valence-corrected chi connectivity index (χ2v) is 11.6. The molecule has 0 aliphatic rings. The molecule has 0 atom stereocenters. The molecule has 0 bridgehead atoms. The van der Waals surface area contributed by atoms with Crippen LogP contribution in [0.2, 0.25) is 0 Å². The molecule has 2 heteroatoms. The highest BCUT2D eigenvalue weighted by Gasteiger charge is 2.44. The van der Waals surface area contributed by atoms with Gasteiger partial charge in [0.2, 0.25) is 0 Å². The molecule has 0 saturated carbocycles. The summed E-state index contributed by atoms with van der Waals surface area (Å²) in [6, 6.07) is 33.9. The summed E-state index contributed by atoms with van der Waals surface area (Å²) in [5.74, 6) is 0. The smallest absolute Gasteiger partial charge is 0.112 e. The number of benzene rings is 3. The Morgan fingerprint density at radius 2 is 0.800 bits per heavy atom. The maximum absolute atomic E-state index is 2.36. The molecule has 30 heavy (non-hydrogen) atoms. The van der Waals surface area contributed by atoms with Crippen molar-refractivity contribution in [2.24, 2.45) is 0 Å². The molecule has 0 aromatic heterocycles. The molecule has 0 amide bonds. The minimum atomic E-state index is -1.62. The molecule has 3 rings (SSSR count). The molecule has 3 aromatic carbocycles. The standard InChI is InChI=1S/C28H36P.ClH/c1-2-3-4-5-6-7-8-18-25-29(26-19-12-9-13-20-26,27-21-14-10-15-22-27)28-23-16-11-17-24-28;/h9-17,19-24H,2-8,18,25H2,1H3;1H/q+1;/p-1. The minimum absolute atomic E-state index is 0. The minimum Gasteiger partial charge on any atom is -1.00 e. The average molecular weight is 439 g/mol. The lowest BCUT2D eigenvalue weighted by atomic mass is 10.1. The van der Waals surface area contributed by atoms with Crippen LogP contribution in [0, 0.1) is 0 Å². The summed E-state index contributed by atoms with van der Waals surface area (Å²) in [7, 11) is -1.62. The van der Waals surface area contributed by atoms with Crippen molar-refractivity contribution < 1.29 is 12.4 Å². The molecule has 160 valence electrons. The Bertz CT molecular complexity index is 705. The topological polar surface area (TPSA) is 0 Å². The van der Waals surface area contributed by atoms with Gasteiger partial charge in [0.15, 0.2) is 0 Å². The SMILES string of the molecule is CCCCCCCCCC[P+](c1ccccc1)(c1ccccc1)c1ccccc1.[Cl-]. The van der Waals surface area contributed by atoms with E-state index in [2.05, 4.69) is 97.9 Å². The number of unbranched alkanes of at least 4 members (excludes halogenated alkanes) is 7. The predicted molar refractivity (Wildman–Crippen MR) is 133 cm³/mol. The van der Waals surface area contributed by atoms with Crippen LogP contribution in [0.3, 0.4) is 0 Å². The monoisotopic (exact) mass is 438 g/mol. The van der Waals surface area contributed by atoms with Crippen LogP contribution in [0.25, 0.3) is 0 Å². The Morgan fingerprint density at radius 3 is 1.17 bits per heavy atom. The van der Waals surface area contributed by atoms with Crippen LogP contribution in [0.4, 0.5) is 0 Å². The zero-order valence-electron chi connectivity index (χ0n) is 18.3. The van der Waals surface area contributed by atoms with Gasteiger partial charge in [-0.25, -0.2) is 0 Å². The third-order valence-corrected chi connectivity index (χ3v) is 10.5. The van der Waals surface area contributed by atoms with Crippen molar-refractivity contribution in [1.82, 2.24) is 0 Å². The van der Waals surface area contributed by atoms with Crippen molar-refractivity contribution in [1.29, 1.82) is 0 Å². The maximum Gasteiger partial charge on any atom is 0.112 e. The zero-order chi connectivity index (χ0) is 20.2. The first-order chi connectivity index (χ1) is 14.4. The quantitative estimate of drug-likeness (QED) is 0.294. The van der Waals surface area contributed by atoms with Crippen molar-refractivity contribution in [3.05, 3.63) is 91.0 Å². The van der Waals surface area contributed by atoms with E-state index in [1.807, 2.05) is 0 Å². The summed E-state index contributed by atoms with van der Waals surface area (Å²) in [5, 5.41) is 4.54. The Labute approximate surface area is 190 Å². The van der Waals surface area contributed by atoms with E-state index in [0.717, 1.165) is 0 Å². The van der Waals surface area contributed by atoms with Crippen molar-refractivity contribution >= 4 is 23.2 Å². The lowest BCUT2D eigenvalue weighted by molar-refractivity contribution is -0.00000587. The van der Waals surface area contributed by atoms with Crippen molar-refractivity contribution in [3.8, 4) is 0 Å². The van der Waals surface area contributed by atoms with E-state index in [4.69, 9.17) is 0 Å². The van der Waals surface area contributed by atoms with Gasteiger partial charge in [0.1, 0.15) is 23.2 Å². The Kier molecular flexibility index (Phi) is 11.2. The Balaban J connectivity index is 0.00000320. The number of hydrogen-bond donors (Lipinski definition) is 0. The van der Waals surface area contributed by atoms with E-state index in [-0.39, 0.29) is 12.4 Å². The van der Waals surface area contributed by atoms with Crippen molar-refractivity contribution in [2.75, 3.05) is 6.16 Å². The van der Waals surface area contributed by atoms with Gasteiger partial charge in [-0.05, 0) is 49.2 Å². The Morgan fingerprint density at radius 1 is 0.467 bits per heavy atom. The number of hydrogen-bond acceptors (Lipinski definition) is 0. The summed E-state index contributed by atoms with van der Waals surface area (Å²) in [5.41, 5.74) is 0. The molecule has 0 aliphatic carbocycles. The van der Waals surface area contributed by atoms with Crippen LogP contribution in [0.15, 0.2) is 91.0 Å². The highest BCUT2D eigenvalue weighted by Crippen LogP contribution is 2.55. The van der Waals surface area contributed by atoms with Gasteiger partial charge in [-0.1, -0.05) is 100 Å². The average Bonchev–Trinajstić information content (AvgIpc) is 2.80. The van der Waals surface area contributed by atoms with E-state index in [1.54, 1.807) is 0 Å². The molecule has 0 heterocycles. The van der Waals surface area contributed by atoms with Crippen LogP contribution in [-0.4, -0.2) is 6.16 Å². The molecule has 0 nitrogen and oxygen atoms in total. The molecule has 0 saturated heterocycles. The van der Waals surface area contributed by atoms with Crippen LogP contribution in [0.5, 0.6) is 0 Å². The van der Waals surface area contributed by atoms with E-state index in [1.165, 1.54) is 73.4 Å². The van der Waals surface area contributed by atoms with Gasteiger partial charge in [-0.3, -0.25) is 0 Å². The number of rotatable bonds is 12. The highest BCUT2D eigenvalue weighted by atomic mass is 35.5. The van der Waals surface area contributed by atoms with Crippen molar-refractivity contribution in [3.63, 3.8) is 0 Å². The summed E-state index contributed by atoms with van der Waals surface area (Å²) in [4.78, 5) is 0. The second kappa shape index (κ2) is 13.6. The highest BCUT2D eigenvalue weighted by molar-refractivity contribution is 7.95. The molecule has 0 N–H and O–H groups in total. The number of halogens is 1. The van der Waals surface area contributed by atoms with Gasteiger partial charge in [0.25, 0.3) is 0 Å². The summed E-state index contributed by atoms with van der Waals surface area (Å²) >= 11 is 0. The van der Waals surface area contributed by atoms with E-state index in [9.17, 15) is 0 Å². The summed E-state index contributed by atoms with van der Waals surface area (Å²) in [6.45, 7) is 2.29. The normalized spacial score (nSPS) is 11.1. The lowest BCUT2D eigenvalue weighted by Crippen LogP contribution is -3.00. The van der Waals surface area contributed by atoms with E-state index < -0.39 is 7.26 Å². The first kappa shape index (κ1) is 24.6. The van der Waals surface area contributed by atoms with Gasteiger partial charge >= 0.3 is 0 Å². The third kappa shape index (κ3) is 6.44. The lowest BCUT2D eigenvalue weighted by Gasteiger charge is -2.27. The third-order valence-electron chi connectivity index (χ3n) is 5.94. The molecule has 0 radical (unpaired) electrons. The molecule has 3 aromatic rings. The molecule has 0 aliphatic heterocycles. The van der Waals surface area contributed by atoms with Crippen LogP contribution in [0.1, 0.15) is 58.3 Å².